The van der Waals surface area contributed by atoms with Crippen molar-refractivity contribution < 1.29 is 4.74 Å². The SMILES string of the molecule is C#CCC(NCCC)c1ccc(OC)c(C)c1. The highest BCUT2D eigenvalue weighted by molar-refractivity contribution is 5.37. The molecule has 1 atom stereocenters. The summed E-state index contributed by atoms with van der Waals surface area (Å²) in [5.74, 6) is 3.65. The van der Waals surface area contributed by atoms with Crippen LogP contribution in [0.3, 0.4) is 0 Å². The normalized spacial score (nSPS) is 11.9. The van der Waals surface area contributed by atoms with Crippen molar-refractivity contribution in [2.75, 3.05) is 13.7 Å². The van der Waals surface area contributed by atoms with Crippen LogP contribution in [0.25, 0.3) is 0 Å². The molecule has 0 heterocycles. The third-order valence-electron chi connectivity index (χ3n) is 2.78. The van der Waals surface area contributed by atoms with Crippen LogP contribution in [0.2, 0.25) is 0 Å². The third-order valence-corrected chi connectivity index (χ3v) is 2.78. The third kappa shape index (κ3) is 3.80. The number of terminal acetylenes is 1. The molecule has 0 amide bonds. The standard InChI is InChI=1S/C15H21NO/c1-5-7-14(16-10-6-2)13-8-9-15(17-4)12(3)11-13/h1,8-9,11,14,16H,6-7,10H2,2-4H3. The Bertz CT molecular complexity index is 392. The highest BCUT2D eigenvalue weighted by Gasteiger charge is 2.10. The van der Waals surface area contributed by atoms with Crippen molar-refractivity contribution in [3.8, 4) is 18.1 Å². The number of ether oxygens (including phenoxy) is 1. The fourth-order valence-corrected chi connectivity index (χ4v) is 1.86. The van der Waals surface area contributed by atoms with Gasteiger partial charge in [-0.25, -0.2) is 0 Å². The summed E-state index contributed by atoms with van der Waals surface area (Å²) in [6.45, 7) is 5.19. The molecule has 1 aromatic rings. The Morgan fingerprint density at radius 3 is 2.76 bits per heavy atom. The lowest BCUT2D eigenvalue weighted by Crippen LogP contribution is -2.21. The van der Waals surface area contributed by atoms with Crippen molar-refractivity contribution in [1.82, 2.24) is 5.32 Å². The molecular formula is C15H21NO. The molecule has 0 saturated heterocycles. The molecule has 0 aliphatic rings. The van der Waals surface area contributed by atoms with E-state index < -0.39 is 0 Å². The molecule has 2 nitrogen and oxygen atoms in total. The van der Waals surface area contributed by atoms with Crippen LogP contribution in [0, 0.1) is 19.3 Å². The van der Waals surface area contributed by atoms with Gasteiger partial charge in [0.05, 0.1) is 7.11 Å². The van der Waals surface area contributed by atoms with Gasteiger partial charge in [0.25, 0.3) is 0 Å². The number of rotatable bonds is 6. The molecule has 1 unspecified atom stereocenters. The second-order valence-electron chi connectivity index (χ2n) is 4.14. The molecule has 0 spiro atoms. The first-order valence-corrected chi connectivity index (χ1v) is 6.04. The van der Waals surface area contributed by atoms with Gasteiger partial charge in [-0.15, -0.1) is 12.3 Å². The zero-order valence-corrected chi connectivity index (χ0v) is 10.9. The van der Waals surface area contributed by atoms with Gasteiger partial charge in [-0.2, -0.15) is 0 Å². The molecule has 0 fully saturated rings. The highest BCUT2D eigenvalue weighted by atomic mass is 16.5. The van der Waals surface area contributed by atoms with E-state index in [1.807, 2.05) is 6.07 Å². The second-order valence-corrected chi connectivity index (χ2v) is 4.14. The van der Waals surface area contributed by atoms with Gasteiger partial charge in [0.2, 0.25) is 0 Å². The Kier molecular flexibility index (Phi) is 5.59. The number of nitrogens with one attached hydrogen (secondary N) is 1. The van der Waals surface area contributed by atoms with Gasteiger partial charge in [0.1, 0.15) is 5.75 Å². The van der Waals surface area contributed by atoms with Crippen LogP contribution in [0.5, 0.6) is 5.75 Å². The minimum absolute atomic E-state index is 0.240. The zero-order chi connectivity index (χ0) is 12.7. The van der Waals surface area contributed by atoms with Crippen LogP contribution in [-0.2, 0) is 0 Å². The summed E-state index contributed by atoms with van der Waals surface area (Å²) in [5.41, 5.74) is 2.38. The van der Waals surface area contributed by atoms with Crippen molar-refractivity contribution >= 4 is 0 Å². The van der Waals surface area contributed by atoms with Crippen LogP contribution in [0.15, 0.2) is 18.2 Å². The summed E-state index contributed by atoms with van der Waals surface area (Å²) in [5, 5.41) is 3.47. The maximum atomic E-state index is 5.42. The van der Waals surface area contributed by atoms with Crippen molar-refractivity contribution in [3.63, 3.8) is 0 Å². The fourth-order valence-electron chi connectivity index (χ4n) is 1.86. The van der Waals surface area contributed by atoms with Crippen LogP contribution >= 0.6 is 0 Å². The topological polar surface area (TPSA) is 21.3 Å². The van der Waals surface area contributed by atoms with Crippen LogP contribution in [0.1, 0.15) is 36.9 Å². The smallest absolute Gasteiger partial charge is 0.121 e. The van der Waals surface area contributed by atoms with E-state index in [9.17, 15) is 0 Å². The fraction of sp³-hybridized carbons (Fsp3) is 0.467. The van der Waals surface area contributed by atoms with Gasteiger partial charge in [-0.3, -0.25) is 0 Å². The number of hydrogen-bond acceptors (Lipinski definition) is 2. The summed E-state index contributed by atoms with van der Waals surface area (Å²) < 4.78 is 5.26. The van der Waals surface area contributed by atoms with E-state index in [1.165, 1.54) is 5.56 Å². The lowest BCUT2D eigenvalue weighted by atomic mass is 10.0. The molecule has 0 saturated carbocycles. The number of aryl methyl sites for hydroxylation is 1. The average Bonchev–Trinajstić information content (AvgIpc) is 2.34. The van der Waals surface area contributed by atoms with Crippen LogP contribution < -0.4 is 10.1 Å². The van der Waals surface area contributed by atoms with Gasteiger partial charge in [0.15, 0.2) is 0 Å². The Hall–Kier alpha value is -1.46. The largest absolute Gasteiger partial charge is 0.496 e. The first kappa shape index (κ1) is 13.6. The quantitative estimate of drug-likeness (QED) is 0.760. The Morgan fingerprint density at radius 1 is 1.47 bits per heavy atom. The Labute approximate surface area is 104 Å². The number of benzene rings is 1. The summed E-state index contributed by atoms with van der Waals surface area (Å²) >= 11 is 0. The highest BCUT2D eigenvalue weighted by Crippen LogP contribution is 2.24. The molecule has 1 N–H and O–H groups in total. The molecule has 0 aromatic heterocycles. The molecule has 92 valence electrons. The van der Waals surface area contributed by atoms with Crippen LogP contribution in [0.4, 0.5) is 0 Å². The van der Waals surface area contributed by atoms with Gasteiger partial charge >= 0.3 is 0 Å². The molecule has 0 aliphatic heterocycles. The molecule has 0 aliphatic carbocycles. The van der Waals surface area contributed by atoms with Crippen molar-refractivity contribution in [2.24, 2.45) is 0 Å². The summed E-state index contributed by atoms with van der Waals surface area (Å²) in [6, 6.07) is 6.46. The summed E-state index contributed by atoms with van der Waals surface area (Å²) in [7, 11) is 1.69. The maximum Gasteiger partial charge on any atom is 0.121 e. The maximum absolute atomic E-state index is 5.42. The predicted molar refractivity (Wildman–Crippen MR) is 72.2 cm³/mol. The van der Waals surface area contributed by atoms with E-state index in [-0.39, 0.29) is 6.04 Å². The average molecular weight is 231 g/mol. The lowest BCUT2D eigenvalue weighted by molar-refractivity contribution is 0.411. The summed E-state index contributed by atoms with van der Waals surface area (Å²) in [4.78, 5) is 0. The zero-order valence-electron chi connectivity index (χ0n) is 10.9. The van der Waals surface area contributed by atoms with Gasteiger partial charge in [-0.05, 0) is 37.1 Å². The number of hydrogen-bond donors (Lipinski definition) is 1. The van der Waals surface area contributed by atoms with Crippen molar-refractivity contribution in [2.45, 2.75) is 32.7 Å². The first-order chi connectivity index (χ1) is 8.22. The predicted octanol–water partition coefficient (Wildman–Crippen LogP) is 3.07. The minimum Gasteiger partial charge on any atom is -0.496 e. The van der Waals surface area contributed by atoms with Gasteiger partial charge < -0.3 is 10.1 Å². The van der Waals surface area contributed by atoms with E-state index >= 15 is 0 Å². The molecule has 0 radical (unpaired) electrons. The van der Waals surface area contributed by atoms with E-state index in [2.05, 4.69) is 37.2 Å². The Morgan fingerprint density at radius 2 is 2.24 bits per heavy atom. The molecule has 17 heavy (non-hydrogen) atoms. The van der Waals surface area contributed by atoms with Gasteiger partial charge in [0, 0.05) is 12.5 Å². The van der Waals surface area contributed by atoms with Crippen LogP contribution in [-0.4, -0.2) is 13.7 Å². The van der Waals surface area contributed by atoms with E-state index in [1.54, 1.807) is 7.11 Å². The molecule has 1 aromatic carbocycles. The van der Waals surface area contributed by atoms with Crippen molar-refractivity contribution in [1.29, 1.82) is 0 Å². The number of methoxy groups -OCH3 is 1. The second kappa shape index (κ2) is 6.98. The molecule has 2 heteroatoms. The van der Waals surface area contributed by atoms with E-state index in [0.29, 0.717) is 6.42 Å². The molecule has 0 bridgehead atoms. The molecular weight excluding hydrogens is 210 g/mol. The molecule has 1 rings (SSSR count). The Balaban J connectivity index is 2.86. The van der Waals surface area contributed by atoms with Gasteiger partial charge in [-0.1, -0.05) is 19.1 Å². The lowest BCUT2D eigenvalue weighted by Gasteiger charge is -2.18. The monoisotopic (exact) mass is 231 g/mol. The first-order valence-electron chi connectivity index (χ1n) is 6.04. The van der Waals surface area contributed by atoms with E-state index in [4.69, 9.17) is 11.2 Å². The van der Waals surface area contributed by atoms with Crippen molar-refractivity contribution in [3.05, 3.63) is 29.3 Å². The summed E-state index contributed by atoms with van der Waals surface area (Å²) in [6.07, 6.45) is 7.24. The minimum atomic E-state index is 0.240. The van der Waals surface area contributed by atoms with E-state index in [0.717, 1.165) is 24.3 Å².